The van der Waals surface area contributed by atoms with Crippen molar-refractivity contribution in [3.8, 4) is 34.2 Å². The average Bonchev–Trinajstić information content (AvgIpc) is 3.51. The topological polar surface area (TPSA) is 80.5 Å². The summed E-state index contributed by atoms with van der Waals surface area (Å²) in [6.07, 6.45) is 0. The number of oxazole rings is 1. The van der Waals surface area contributed by atoms with Gasteiger partial charge in [-0.1, -0.05) is 60.7 Å². The largest absolute Gasteiger partial charge is 0.436 e. The highest BCUT2D eigenvalue weighted by Gasteiger charge is 2.15. The first-order valence-corrected chi connectivity index (χ1v) is 11.5. The summed E-state index contributed by atoms with van der Waals surface area (Å²) >= 11 is 6.21. The summed E-state index contributed by atoms with van der Waals surface area (Å²) in [5, 5.41) is 2.45. The molecule has 0 atom stereocenters. The normalized spacial score (nSPS) is 11.6. The van der Waals surface area contributed by atoms with Gasteiger partial charge in [0.1, 0.15) is 5.52 Å². The van der Waals surface area contributed by atoms with Crippen LogP contribution in [0.3, 0.4) is 0 Å². The van der Waals surface area contributed by atoms with Crippen molar-refractivity contribution in [3.05, 3.63) is 96.3 Å². The molecule has 0 amide bonds. The molecule has 4 aromatic carbocycles. The second-order valence-corrected chi connectivity index (χ2v) is 8.56. The molecule has 3 aromatic heterocycles. The Morgan fingerprint density at radius 2 is 1.29 bits per heavy atom. The van der Waals surface area contributed by atoms with Gasteiger partial charge >= 0.3 is 0 Å². The Balaban J connectivity index is 1.28. The molecule has 7 aromatic rings. The Hall–Kier alpha value is -4.55. The number of halogens is 1. The Morgan fingerprint density at radius 1 is 0.600 bits per heavy atom. The molecule has 0 spiro atoms. The maximum atomic E-state index is 6.21. The molecular formula is C28H16ClN5O. The van der Waals surface area contributed by atoms with Gasteiger partial charge < -0.3 is 9.40 Å². The van der Waals surface area contributed by atoms with Crippen molar-refractivity contribution in [2.24, 2.45) is 0 Å². The third-order valence-electron chi connectivity index (χ3n) is 6.07. The smallest absolute Gasteiger partial charge is 0.227 e. The zero-order valence-corrected chi connectivity index (χ0v) is 19.0. The van der Waals surface area contributed by atoms with Crippen LogP contribution in [0.4, 0.5) is 0 Å². The standard InChI is InChI=1S/C28H16ClN5O/c29-28-33-25(16-6-2-1-3-7-16)32-26(34-28)17-10-12-18(13-11-17)27-31-24-22(35-27)15-14-20-19-8-4-5-9-21(19)30-23(20)24/h1-15,30H. The molecule has 7 heteroatoms. The van der Waals surface area contributed by atoms with E-state index in [9.17, 15) is 0 Å². The molecule has 0 saturated heterocycles. The van der Waals surface area contributed by atoms with Gasteiger partial charge in [-0.25, -0.2) is 9.97 Å². The van der Waals surface area contributed by atoms with Crippen LogP contribution < -0.4 is 0 Å². The van der Waals surface area contributed by atoms with E-state index in [1.54, 1.807) is 0 Å². The van der Waals surface area contributed by atoms with Crippen molar-refractivity contribution in [1.29, 1.82) is 0 Å². The van der Waals surface area contributed by atoms with E-state index in [1.807, 2.05) is 72.8 Å². The lowest BCUT2D eigenvalue weighted by Gasteiger charge is -2.05. The SMILES string of the molecule is Clc1nc(-c2ccccc2)nc(-c2ccc(-c3nc4c(ccc5c6ccccc6[nH]c54)o3)cc2)n1. The lowest BCUT2D eigenvalue weighted by molar-refractivity contribution is 0.620. The molecule has 0 saturated carbocycles. The molecule has 3 heterocycles. The van der Waals surface area contributed by atoms with Crippen LogP contribution >= 0.6 is 11.6 Å². The first kappa shape index (κ1) is 19.9. The Morgan fingerprint density at radius 3 is 2.09 bits per heavy atom. The van der Waals surface area contributed by atoms with Crippen molar-refractivity contribution in [1.82, 2.24) is 24.9 Å². The predicted molar refractivity (Wildman–Crippen MR) is 138 cm³/mol. The number of hydrogen-bond acceptors (Lipinski definition) is 5. The lowest BCUT2D eigenvalue weighted by Crippen LogP contribution is -1.97. The van der Waals surface area contributed by atoms with Gasteiger partial charge in [-0.3, -0.25) is 0 Å². The van der Waals surface area contributed by atoms with Crippen LogP contribution in [0.2, 0.25) is 5.28 Å². The van der Waals surface area contributed by atoms with E-state index in [0.29, 0.717) is 17.5 Å². The number of aromatic amines is 1. The number of aromatic nitrogens is 5. The molecule has 7 rings (SSSR count). The average molecular weight is 474 g/mol. The molecule has 35 heavy (non-hydrogen) atoms. The van der Waals surface area contributed by atoms with E-state index in [0.717, 1.165) is 44.2 Å². The van der Waals surface area contributed by atoms with Gasteiger partial charge in [0.05, 0.1) is 5.52 Å². The Labute approximate surface area is 204 Å². The molecular weight excluding hydrogens is 458 g/mol. The predicted octanol–water partition coefficient (Wildman–Crippen LogP) is 7.30. The number of nitrogens with one attached hydrogen (secondary N) is 1. The minimum atomic E-state index is 0.152. The fraction of sp³-hybridized carbons (Fsp3) is 0. The number of fused-ring (bicyclic) bond motifs is 5. The second kappa shape index (κ2) is 7.75. The summed E-state index contributed by atoms with van der Waals surface area (Å²) in [6.45, 7) is 0. The minimum absolute atomic E-state index is 0.152. The molecule has 0 aliphatic heterocycles. The number of nitrogens with zero attached hydrogens (tertiary/aromatic N) is 4. The fourth-order valence-corrected chi connectivity index (χ4v) is 4.55. The summed E-state index contributed by atoms with van der Waals surface area (Å²) in [5.74, 6) is 1.59. The van der Waals surface area contributed by atoms with Crippen LogP contribution in [-0.2, 0) is 0 Å². The third kappa shape index (κ3) is 3.34. The van der Waals surface area contributed by atoms with E-state index < -0.39 is 0 Å². The van der Waals surface area contributed by atoms with Gasteiger partial charge in [-0.2, -0.15) is 9.97 Å². The Kier molecular flexibility index (Phi) is 4.40. The summed E-state index contributed by atoms with van der Waals surface area (Å²) in [5.41, 5.74) is 6.17. The zero-order valence-electron chi connectivity index (χ0n) is 18.2. The van der Waals surface area contributed by atoms with E-state index in [2.05, 4.69) is 38.1 Å². The second-order valence-electron chi connectivity index (χ2n) is 8.22. The van der Waals surface area contributed by atoms with Crippen LogP contribution in [0.5, 0.6) is 0 Å². The highest BCUT2D eigenvalue weighted by Crippen LogP contribution is 2.34. The van der Waals surface area contributed by atoms with Gasteiger partial charge in [0.2, 0.25) is 11.2 Å². The van der Waals surface area contributed by atoms with Crippen LogP contribution in [0.25, 0.3) is 67.1 Å². The van der Waals surface area contributed by atoms with E-state index in [-0.39, 0.29) is 5.28 Å². The molecule has 0 aliphatic carbocycles. The third-order valence-corrected chi connectivity index (χ3v) is 6.24. The number of rotatable bonds is 3. The number of H-pyrrole nitrogens is 1. The summed E-state index contributed by atoms with van der Waals surface area (Å²) in [7, 11) is 0. The molecule has 6 nitrogen and oxygen atoms in total. The summed E-state index contributed by atoms with van der Waals surface area (Å²) in [6, 6.07) is 29.7. The summed E-state index contributed by atoms with van der Waals surface area (Å²) < 4.78 is 6.11. The molecule has 0 bridgehead atoms. The van der Waals surface area contributed by atoms with Crippen LogP contribution in [-0.4, -0.2) is 24.9 Å². The quantitative estimate of drug-likeness (QED) is 0.291. The van der Waals surface area contributed by atoms with E-state index >= 15 is 0 Å². The van der Waals surface area contributed by atoms with Gasteiger partial charge in [0.25, 0.3) is 0 Å². The van der Waals surface area contributed by atoms with Crippen molar-refractivity contribution >= 4 is 44.5 Å². The van der Waals surface area contributed by atoms with Crippen molar-refractivity contribution in [2.75, 3.05) is 0 Å². The van der Waals surface area contributed by atoms with Crippen molar-refractivity contribution in [3.63, 3.8) is 0 Å². The molecule has 0 aliphatic rings. The summed E-state index contributed by atoms with van der Waals surface area (Å²) in [4.78, 5) is 21.5. The highest BCUT2D eigenvalue weighted by molar-refractivity contribution is 6.28. The van der Waals surface area contributed by atoms with Crippen LogP contribution in [0.15, 0.2) is 95.4 Å². The monoisotopic (exact) mass is 473 g/mol. The first-order valence-electron chi connectivity index (χ1n) is 11.1. The zero-order chi connectivity index (χ0) is 23.4. The van der Waals surface area contributed by atoms with E-state index in [1.165, 1.54) is 5.39 Å². The minimum Gasteiger partial charge on any atom is -0.436 e. The number of para-hydroxylation sites is 1. The maximum Gasteiger partial charge on any atom is 0.227 e. The lowest BCUT2D eigenvalue weighted by atomic mass is 10.1. The van der Waals surface area contributed by atoms with Gasteiger partial charge in [-0.15, -0.1) is 0 Å². The fourth-order valence-electron chi connectivity index (χ4n) is 4.39. The van der Waals surface area contributed by atoms with Gasteiger partial charge in [0, 0.05) is 33.0 Å². The van der Waals surface area contributed by atoms with Gasteiger partial charge in [-0.05, 0) is 41.9 Å². The number of benzene rings is 4. The van der Waals surface area contributed by atoms with E-state index in [4.69, 9.17) is 21.0 Å². The first-order chi connectivity index (χ1) is 17.2. The molecule has 0 fully saturated rings. The Bertz CT molecular complexity index is 1860. The molecule has 0 unspecified atom stereocenters. The number of hydrogen-bond donors (Lipinski definition) is 1. The van der Waals surface area contributed by atoms with Gasteiger partial charge in [0.15, 0.2) is 17.2 Å². The van der Waals surface area contributed by atoms with Crippen LogP contribution in [0, 0.1) is 0 Å². The highest BCUT2D eigenvalue weighted by atomic mass is 35.5. The molecule has 1 N–H and O–H groups in total. The molecule has 166 valence electrons. The maximum absolute atomic E-state index is 6.21. The van der Waals surface area contributed by atoms with Crippen molar-refractivity contribution in [2.45, 2.75) is 0 Å². The van der Waals surface area contributed by atoms with Crippen LogP contribution in [0.1, 0.15) is 0 Å². The van der Waals surface area contributed by atoms with Crippen molar-refractivity contribution < 1.29 is 4.42 Å². The molecule has 0 radical (unpaired) electrons.